The molecule has 0 radical (unpaired) electrons. The molecule has 1 amide bonds. The highest BCUT2D eigenvalue weighted by Gasteiger charge is 2.21. The van der Waals surface area contributed by atoms with Crippen molar-refractivity contribution < 1.29 is 9.90 Å². The van der Waals surface area contributed by atoms with Crippen molar-refractivity contribution in [1.82, 2.24) is 10.3 Å². The van der Waals surface area contributed by atoms with E-state index in [4.69, 9.17) is 10.9 Å². The van der Waals surface area contributed by atoms with Gasteiger partial charge in [0.25, 0.3) is 0 Å². The normalized spacial score (nSPS) is 25.2. The molecule has 0 bridgehead atoms. The van der Waals surface area contributed by atoms with Crippen molar-refractivity contribution in [1.29, 1.82) is 0 Å². The summed E-state index contributed by atoms with van der Waals surface area (Å²) in [4.78, 5) is 11.9. The number of carbonyl (C=O) groups is 1. The number of likely N-dealkylation sites (tertiary alicyclic amines) is 1. The van der Waals surface area contributed by atoms with Gasteiger partial charge in [0.1, 0.15) is 0 Å². The quantitative estimate of drug-likeness (QED) is 0.359. The average Bonchev–Trinajstić information content (AvgIpc) is 2.05. The molecule has 1 saturated heterocycles. The number of piperidine rings is 1. The zero-order chi connectivity index (χ0) is 8.27. The van der Waals surface area contributed by atoms with E-state index in [1.807, 2.05) is 0 Å². The Hall–Kier alpha value is -0.810. The summed E-state index contributed by atoms with van der Waals surface area (Å²) < 4.78 is 0. The summed E-state index contributed by atoms with van der Waals surface area (Å²) >= 11 is 0. The lowest BCUT2D eigenvalue weighted by Crippen LogP contribution is -2.49. The molecular formula is C6H13N3O2. The molecule has 4 N–H and O–H groups in total. The van der Waals surface area contributed by atoms with Gasteiger partial charge in [0.2, 0.25) is 0 Å². The summed E-state index contributed by atoms with van der Waals surface area (Å²) in [6.45, 7) is 1.14. The lowest BCUT2D eigenvalue weighted by atomic mass is 10.1. The second-order valence-electron chi connectivity index (χ2n) is 2.73. The lowest BCUT2D eigenvalue weighted by molar-refractivity contribution is 0.126. The number of rotatable bonds is 1. The third-order valence-corrected chi connectivity index (χ3v) is 1.93. The first kappa shape index (κ1) is 8.29. The molecule has 1 heterocycles. The highest BCUT2D eigenvalue weighted by molar-refractivity contribution is 5.65. The lowest BCUT2D eigenvalue weighted by Gasteiger charge is -2.29. The molecule has 1 atom stereocenters. The number of carboxylic acid groups (broad SMARTS) is 1. The molecule has 0 aromatic carbocycles. The van der Waals surface area contributed by atoms with Crippen molar-refractivity contribution in [3.63, 3.8) is 0 Å². The topological polar surface area (TPSA) is 78.6 Å². The smallest absolute Gasteiger partial charge is 0.407 e. The number of nitrogens with zero attached hydrogens (tertiary/aromatic N) is 1. The van der Waals surface area contributed by atoms with Crippen molar-refractivity contribution in [3.05, 3.63) is 0 Å². The monoisotopic (exact) mass is 159 g/mol. The predicted octanol–water partition coefficient (Wildman–Crippen LogP) is -0.408. The molecule has 5 heteroatoms. The van der Waals surface area contributed by atoms with Crippen LogP contribution in [0.1, 0.15) is 12.8 Å². The average molecular weight is 159 g/mol. The van der Waals surface area contributed by atoms with Crippen LogP contribution in [0.4, 0.5) is 4.79 Å². The Morgan fingerprint density at radius 2 is 2.45 bits per heavy atom. The molecule has 0 saturated carbocycles. The van der Waals surface area contributed by atoms with Gasteiger partial charge >= 0.3 is 6.09 Å². The molecule has 1 aliphatic heterocycles. The van der Waals surface area contributed by atoms with Crippen LogP contribution < -0.4 is 11.3 Å². The molecule has 0 aliphatic carbocycles. The molecular weight excluding hydrogens is 146 g/mol. The van der Waals surface area contributed by atoms with Gasteiger partial charge in [-0.2, -0.15) is 0 Å². The maximum Gasteiger partial charge on any atom is 0.407 e. The van der Waals surface area contributed by atoms with Crippen LogP contribution in [0.2, 0.25) is 0 Å². The summed E-state index contributed by atoms with van der Waals surface area (Å²) in [5, 5.41) is 8.61. The zero-order valence-corrected chi connectivity index (χ0v) is 6.29. The van der Waals surface area contributed by atoms with Gasteiger partial charge in [0.05, 0.1) is 0 Å². The number of hydrogen-bond donors (Lipinski definition) is 3. The first-order chi connectivity index (χ1) is 5.24. The van der Waals surface area contributed by atoms with Crippen molar-refractivity contribution in [2.24, 2.45) is 5.84 Å². The standard InChI is InChI=1S/C6H13N3O2/c7-8-5-2-1-3-9(4-5)6(10)11/h5,8H,1-4,7H2,(H,10,11). The molecule has 1 fully saturated rings. The molecule has 1 aliphatic rings. The van der Waals surface area contributed by atoms with Crippen molar-refractivity contribution in [2.45, 2.75) is 18.9 Å². The van der Waals surface area contributed by atoms with E-state index in [9.17, 15) is 4.79 Å². The fraction of sp³-hybridized carbons (Fsp3) is 0.833. The van der Waals surface area contributed by atoms with E-state index in [0.29, 0.717) is 13.1 Å². The second kappa shape index (κ2) is 3.54. The Morgan fingerprint density at radius 3 is 3.00 bits per heavy atom. The van der Waals surface area contributed by atoms with E-state index in [-0.39, 0.29) is 6.04 Å². The first-order valence-electron chi connectivity index (χ1n) is 3.68. The molecule has 1 unspecified atom stereocenters. The van der Waals surface area contributed by atoms with Crippen LogP contribution in [0.25, 0.3) is 0 Å². The van der Waals surface area contributed by atoms with E-state index >= 15 is 0 Å². The summed E-state index contributed by atoms with van der Waals surface area (Å²) in [6.07, 6.45) is 0.992. The van der Waals surface area contributed by atoms with Crippen LogP contribution in [0.3, 0.4) is 0 Å². The van der Waals surface area contributed by atoms with Crippen LogP contribution in [0, 0.1) is 0 Å². The molecule has 5 nitrogen and oxygen atoms in total. The molecule has 64 valence electrons. The molecule has 0 spiro atoms. The summed E-state index contributed by atoms with van der Waals surface area (Å²) in [5.41, 5.74) is 2.58. The van der Waals surface area contributed by atoms with Gasteiger partial charge in [-0.1, -0.05) is 0 Å². The number of hydrazine groups is 1. The van der Waals surface area contributed by atoms with Crippen molar-refractivity contribution >= 4 is 6.09 Å². The maximum atomic E-state index is 10.5. The fourth-order valence-corrected chi connectivity index (χ4v) is 1.29. The van der Waals surface area contributed by atoms with Crippen LogP contribution in [0.15, 0.2) is 0 Å². The minimum absolute atomic E-state index is 0.125. The predicted molar refractivity (Wildman–Crippen MR) is 39.9 cm³/mol. The Bertz CT molecular complexity index is 151. The molecule has 11 heavy (non-hydrogen) atoms. The SMILES string of the molecule is NNC1CCCN(C(=O)O)C1. The van der Waals surface area contributed by atoms with E-state index in [0.717, 1.165) is 12.8 Å². The van der Waals surface area contributed by atoms with Crippen LogP contribution in [-0.4, -0.2) is 35.2 Å². The second-order valence-corrected chi connectivity index (χ2v) is 2.73. The number of amides is 1. The zero-order valence-electron chi connectivity index (χ0n) is 6.29. The van der Waals surface area contributed by atoms with Gasteiger partial charge < -0.3 is 10.0 Å². The summed E-state index contributed by atoms with van der Waals surface area (Å²) in [5.74, 6) is 5.20. The summed E-state index contributed by atoms with van der Waals surface area (Å²) in [7, 11) is 0. The number of nitrogens with two attached hydrogens (primary N) is 1. The van der Waals surface area contributed by atoms with E-state index < -0.39 is 6.09 Å². The highest BCUT2D eigenvalue weighted by Crippen LogP contribution is 2.08. The molecule has 1 rings (SSSR count). The van der Waals surface area contributed by atoms with Gasteiger partial charge in [-0.05, 0) is 12.8 Å². The Labute approximate surface area is 65.1 Å². The Balaban J connectivity index is 2.39. The largest absolute Gasteiger partial charge is 0.465 e. The van der Waals surface area contributed by atoms with E-state index in [1.54, 1.807) is 0 Å². The van der Waals surface area contributed by atoms with Gasteiger partial charge in [-0.25, -0.2) is 4.79 Å². The minimum Gasteiger partial charge on any atom is -0.465 e. The van der Waals surface area contributed by atoms with Crippen molar-refractivity contribution in [2.75, 3.05) is 13.1 Å². The Morgan fingerprint density at radius 1 is 1.73 bits per heavy atom. The third-order valence-electron chi connectivity index (χ3n) is 1.93. The van der Waals surface area contributed by atoms with Crippen LogP contribution in [-0.2, 0) is 0 Å². The first-order valence-corrected chi connectivity index (χ1v) is 3.68. The number of hydrogen-bond acceptors (Lipinski definition) is 3. The molecule has 0 aromatic heterocycles. The highest BCUT2D eigenvalue weighted by atomic mass is 16.4. The molecule has 0 aromatic rings. The van der Waals surface area contributed by atoms with Gasteiger partial charge in [-0.15, -0.1) is 0 Å². The number of nitrogens with one attached hydrogen (secondary N) is 1. The Kier molecular flexibility index (Phi) is 2.67. The minimum atomic E-state index is -0.857. The van der Waals surface area contributed by atoms with E-state index in [1.165, 1.54) is 4.90 Å². The third kappa shape index (κ3) is 2.06. The van der Waals surface area contributed by atoms with Crippen LogP contribution in [0.5, 0.6) is 0 Å². The van der Waals surface area contributed by atoms with Gasteiger partial charge in [0.15, 0.2) is 0 Å². The summed E-state index contributed by atoms with van der Waals surface area (Å²) in [6, 6.07) is 0.125. The maximum absolute atomic E-state index is 10.5. The fourth-order valence-electron chi connectivity index (χ4n) is 1.29. The van der Waals surface area contributed by atoms with Gasteiger partial charge in [0, 0.05) is 19.1 Å². The van der Waals surface area contributed by atoms with Gasteiger partial charge in [-0.3, -0.25) is 11.3 Å². The van der Waals surface area contributed by atoms with Crippen molar-refractivity contribution in [3.8, 4) is 0 Å². The van der Waals surface area contributed by atoms with E-state index in [2.05, 4.69) is 5.43 Å². The van der Waals surface area contributed by atoms with Crippen LogP contribution >= 0.6 is 0 Å².